The lowest BCUT2D eigenvalue weighted by Crippen LogP contribution is -1.87. The Morgan fingerprint density at radius 2 is 2.29 bits per heavy atom. The molecule has 0 amide bonds. The molecule has 0 aromatic carbocycles. The van der Waals surface area contributed by atoms with Gasteiger partial charge in [0.25, 0.3) is 0 Å². The van der Waals surface area contributed by atoms with E-state index in [1.54, 1.807) is 0 Å². The molecule has 1 heteroatoms. The van der Waals surface area contributed by atoms with E-state index >= 15 is 0 Å². The molecular weight excluding hydrogens is 104 g/mol. The smallest absolute Gasteiger partial charge is 0.0243 e. The Labute approximate surface area is 48.3 Å². The molecule has 0 aromatic heterocycles. The topological polar surface area (TPSA) is 0 Å². The number of allylic oxidation sites excluding steroid dienone is 2. The van der Waals surface area contributed by atoms with Gasteiger partial charge in [-0.3, -0.25) is 0 Å². The molecular formula is C6H8S. The Balaban J connectivity index is 2.49. The highest BCUT2D eigenvalue weighted by atomic mass is 32.2. The van der Waals surface area contributed by atoms with Gasteiger partial charge in [0.15, 0.2) is 0 Å². The van der Waals surface area contributed by atoms with E-state index in [0.717, 1.165) is 0 Å². The highest BCUT2D eigenvalue weighted by Crippen LogP contribution is 2.16. The normalized spacial score (nSPS) is 28.4. The summed E-state index contributed by atoms with van der Waals surface area (Å²) in [6, 6.07) is 0. The number of rotatable bonds is 0. The molecule has 0 saturated carbocycles. The lowest BCUT2D eigenvalue weighted by atomic mass is 10.4. The Bertz CT molecular complexity index is 103. The van der Waals surface area contributed by atoms with Crippen molar-refractivity contribution in [1.82, 2.24) is 0 Å². The van der Waals surface area contributed by atoms with Crippen molar-refractivity contribution in [2.24, 2.45) is 0 Å². The van der Waals surface area contributed by atoms with Crippen LogP contribution in [0, 0.1) is 0 Å². The van der Waals surface area contributed by atoms with Gasteiger partial charge in [-0.2, -0.15) is 0 Å². The van der Waals surface area contributed by atoms with E-state index in [1.807, 2.05) is 11.8 Å². The largest absolute Gasteiger partial charge is 0.127 e. The minimum absolute atomic E-state index is 0.685. The second-order valence-corrected chi connectivity index (χ2v) is 2.84. The first kappa shape index (κ1) is 4.98. The molecule has 0 unspecified atom stereocenters. The summed E-state index contributed by atoms with van der Waals surface area (Å²) < 4.78 is 0. The van der Waals surface area contributed by atoms with Crippen molar-refractivity contribution in [3.8, 4) is 0 Å². The second-order valence-electron chi connectivity index (χ2n) is 1.55. The third-order valence-electron chi connectivity index (χ3n) is 0.865. The van der Waals surface area contributed by atoms with Gasteiger partial charge in [0.2, 0.25) is 0 Å². The number of thioether (sulfide) groups is 1. The Kier molecular flexibility index (Phi) is 1.58. The fraction of sp³-hybridized carbons (Fsp3) is 0.333. The van der Waals surface area contributed by atoms with Crippen LogP contribution in [0.4, 0.5) is 0 Å². The van der Waals surface area contributed by atoms with E-state index in [-0.39, 0.29) is 0 Å². The molecule has 0 radical (unpaired) electrons. The van der Waals surface area contributed by atoms with Crippen LogP contribution in [0.2, 0.25) is 0 Å². The molecule has 0 bridgehead atoms. The van der Waals surface area contributed by atoms with Crippen LogP contribution in [0.15, 0.2) is 23.6 Å². The zero-order valence-corrected chi connectivity index (χ0v) is 5.11. The molecule has 1 aliphatic heterocycles. The molecule has 0 spiro atoms. The molecule has 0 aliphatic carbocycles. The summed E-state index contributed by atoms with van der Waals surface area (Å²) in [5.74, 6) is 0. The van der Waals surface area contributed by atoms with Crippen LogP contribution in [0.1, 0.15) is 6.92 Å². The van der Waals surface area contributed by atoms with Gasteiger partial charge in [-0.1, -0.05) is 18.2 Å². The maximum absolute atomic E-state index is 2.19. The molecule has 1 aliphatic rings. The monoisotopic (exact) mass is 112 g/mol. The molecule has 1 rings (SSSR count). The summed E-state index contributed by atoms with van der Waals surface area (Å²) >= 11 is 1.85. The van der Waals surface area contributed by atoms with Crippen LogP contribution in [0.3, 0.4) is 0 Å². The van der Waals surface area contributed by atoms with Crippen molar-refractivity contribution < 1.29 is 0 Å². The van der Waals surface area contributed by atoms with E-state index in [9.17, 15) is 0 Å². The molecule has 0 N–H and O–H groups in total. The third-order valence-corrected chi connectivity index (χ3v) is 1.77. The van der Waals surface area contributed by atoms with Gasteiger partial charge < -0.3 is 0 Å². The SMILES string of the molecule is C[C@H]1C=CC=CS1. The summed E-state index contributed by atoms with van der Waals surface area (Å²) in [7, 11) is 0. The maximum atomic E-state index is 2.19. The van der Waals surface area contributed by atoms with Crippen molar-refractivity contribution in [3.63, 3.8) is 0 Å². The molecule has 0 fully saturated rings. The second kappa shape index (κ2) is 2.22. The number of hydrogen-bond donors (Lipinski definition) is 0. The minimum Gasteiger partial charge on any atom is -0.127 e. The quantitative estimate of drug-likeness (QED) is 0.463. The summed E-state index contributed by atoms with van der Waals surface area (Å²) in [5.41, 5.74) is 0. The average molecular weight is 112 g/mol. The van der Waals surface area contributed by atoms with Crippen molar-refractivity contribution in [2.75, 3.05) is 0 Å². The summed E-state index contributed by atoms with van der Waals surface area (Å²) in [6.45, 7) is 2.19. The number of hydrogen-bond acceptors (Lipinski definition) is 1. The first-order valence-corrected chi connectivity index (χ1v) is 3.32. The highest BCUT2D eigenvalue weighted by Gasteiger charge is 1.93. The lowest BCUT2D eigenvalue weighted by Gasteiger charge is -2.01. The molecule has 7 heavy (non-hydrogen) atoms. The van der Waals surface area contributed by atoms with Gasteiger partial charge in [-0.05, 0) is 12.3 Å². The summed E-state index contributed by atoms with van der Waals surface area (Å²) in [5, 5.41) is 2.80. The van der Waals surface area contributed by atoms with Crippen molar-refractivity contribution in [2.45, 2.75) is 12.2 Å². The molecule has 38 valence electrons. The first-order chi connectivity index (χ1) is 3.39. The van der Waals surface area contributed by atoms with E-state index < -0.39 is 0 Å². The zero-order chi connectivity index (χ0) is 5.11. The maximum Gasteiger partial charge on any atom is 0.0243 e. The van der Waals surface area contributed by atoms with E-state index in [0.29, 0.717) is 5.25 Å². The van der Waals surface area contributed by atoms with Gasteiger partial charge in [0.1, 0.15) is 0 Å². The van der Waals surface area contributed by atoms with Gasteiger partial charge in [0.05, 0.1) is 0 Å². The molecule has 1 heterocycles. The van der Waals surface area contributed by atoms with Crippen LogP contribution in [-0.4, -0.2) is 5.25 Å². The molecule has 0 aromatic rings. The van der Waals surface area contributed by atoms with E-state index in [4.69, 9.17) is 0 Å². The Morgan fingerprint density at radius 3 is 2.57 bits per heavy atom. The fourth-order valence-electron chi connectivity index (χ4n) is 0.481. The minimum atomic E-state index is 0.685. The molecule has 0 saturated heterocycles. The van der Waals surface area contributed by atoms with Gasteiger partial charge in [0, 0.05) is 5.25 Å². The summed E-state index contributed by atoms with van der Waals surface area (Å²) in [4.78, 5) is 0. The van der Waals surface area contributed by atoms with Crippen molar-refractivity contribution in [1.29, 1.82) is 0 Å². The predicted molar refractivity (Wildman–Crippen MR) is 35.3 cm³/mol. The average Bonchev–Trinajstić information content (AvgIpc) is 1.69. The van der Waals surface area contributed by atoms with Gasteiger partial charge >= 0.3 is 0 Å². The third kappa shape index (κ3) is 1.39. The van der Waals surface area contributed by atoms with Crippen molar-refractivity contribution >= 4 is 11.8 Å². The fourth-order valence-corrected chi connectivity index (χ4v) is 1.09. The molecule has 1 atom stereocenters. The van der Waals surface area contributed by atoms with Gasteiger partial charge in [-0.15, -0.1) is 11.8 Å². The van der Waals surface area contributed by atoms with Crippen LogP contribution >= 0.6 is 11.8 Å². The predicted octanol–water partition coefficient (Wildman–Crippen LogP) is 2.19. The summed E-state index contributed by atoms with van der Waals surface area (Å²) in [6.07, 6.45) is 6.33. The highest BCUT2D eigenvalue weighted by molar-refractivity contribution is 8.02. The van der Waals surface area contributed by atoms with Gasteiger partial charge in [-0.25, -0.2) is 0 Å². The van der Waals surface area contributed by atoms with Crippen LogP contribution in [-0.2, 0) is 0 Å². The first-order valence-electron chi connectivity index (χ1n) is 2.38. The standard InChI is InChI=1S/C6H8S/c1-6-4-2-3-5-7-6/h2-6H,1H3/t6-/m0/s1. The Hall–Kier alpha value is -0.170. The lowest BCUT2D eigenvalue weighted by molar-refractivity contribution is 1.25. The Morgan fingerprint density at radius 1 is 1.43 bits per heavy atom. The zero-order valence-electron chi connectivity index (χ0n) is 4.29. The van der Waals surface area contributed by atoms with Crippen LogP contribution < -0.4 is 0 Å². The van der Waals surface area contributed by atoms with Crippen molar-refractivity contribution in [3.05, 3.63) is 23.6 Å². The van der Waals surface area contributed by atoms with Crippen LogP contribution in [0.25, 0.3) is 0 Å². The van der Waals surface area contributed by atoms with Crippen LogP contribution in [0.5, 0.6) is 0 Å². The van der Waals surface area contributed by atoms with E-state index in [2.05, 4.69) is 30.6 Å². The van der Waals surface area contributed by atoms with E-state index in [1.165, 1.54) is 0 Å². The molecule has 0 nitrogen and oxygen atoms in total.